The van der Waals surface area contributed by atoms with Crippen molar-refractivity contribution in [3.05, 3.63) is 48.5 Å². The number of benzene rings is 2. The third kappa shape index (κ3) is 3.26. The number of alkyl halides is 2. The molecule has 4 saturated carbocycles. The second kappa shape index (κ2) is 9.10. The van der Waals surface area contributed by atoms with E-state index in [9.17, 15) is 19.2 Å². The van der Waals surface area contributed by atoms with Crippen molar-refractivity contribution in [2.24, 2.45) is 32.5 Å². The van der Waals surface area contributed by atoms with Gasteiger partial charge in [0.15, 0.2) is 11.6 Å². The Kier molecular flexibility index (Phi) is 6.44. The number of rotatable bonds is 5. The molecule has 6 rings (SSSR count). The molecule has 0 saturated heterocycles. The van der Waals surface area contributed by atoms with Gasteiger partial charge in [-0.2, -0.15) is 0 Å². The van der Waals surface area contributed by atoms with Gasteiger partial charge in [0, 0.05) is 16.4 Å². The van der Waals surface area contributed by atoms with E-state index in [2.05, 4.69) is 31.9 Å². The number of hydrogen-bond donors (Lipinski definition) is 0. The van der Waals surface area contributed by atoms with Crippen LogP contribution in [0.15, 0.2) is 48.5 Å². The summed E-state index contributed by atoms with van der Waals surface area (Å²) in [6.07, 6.45) is 2.37. The molecule has 0 spiro atoms. The molecular formula is C34H36Br2O6. The summed E-state index contributed by atoms with van der Waals surface area (Å²) in [5, 5.41) is 0. The van der Waals surface area contributed by atoms with E-state index in [4.69, 9.17) is 9.47 Å². The highest BCUT2D eigenvalue weighted by atomic mass is 79.9. The average molecular weight is 700 g/mol. The van der Waals surface area contributed by atoms with Gasteiger partial charge in [0.05, 0.1) is 20.5 Å². The largest absolute Gasteiger partial charge is 0.426 e. The molecule has 4 aliphatic carbocycles. The van der Waals surface area contributed by atoms with Crippen LogP contribution >= 0.6 is 31.9 Å². The predicted octanol–water partition coefficient (Wildman–Crippen LogP) is 7.48. The number of ketones is 2. The van der Waals surface area contributed by atoms with Gasteiger partial charge < -0.3 is 9.47 Å². The monoisotopic (exact) mass is 698 g/mol. The number of fused-ring (bicyclic) bond motifs is 4. The Morgan fingerprint density at radius 2 is 1.17 bits per heavy atom. The summed E-state index contributed by atoms with van der Waals surface area (Å²) in [5.41, 5.74) is -3.03. The smallest absolute Gasteiger partial charge is 0.319 e. The molecule has 4 bridgehead atoms. The van der Waals surface area contributed by atoms with E-state index in [0.717, 1.165) is 5.56 Å². The lowest BCUT2D eigenvalue weighted by Gasteiger charge is -2.39. The maximum absolute atomic E-state index is 14.1. The number of hydrogen-bond acceptors (Lipinski definition) is 6. The molecule has 0 amide bonds. The third-order valence-electron chi connectivity index (χ3n) is 12.6. The Morgan fingerprint density at radius 1 is 0.690 bits per heavy atom. The Hall–Kier alpha value is -2.32. The Bertz CT molecular complexity index is 1550. The van der Waals surface area contributed by atoms with Crippen LogP contribution in [0.4, 0.5) is 0 Å². The van der Waals surface area contributed by atoms with Crippen molar-refractivity contribution in [3.63, 3.8) is 0 Å². The zero-order chi connectivity index (χ0) is 30.7. The van der Waals surface area contributed by atoms with Crippen molar-refractivity contribution in [2.45, 2.75) is 76.9 Å². The lowest BCUT2D eigenvalue weighted by molar-refractivity contribution is -0.151. The minimum atomic E-state index is -1.00. The second-order valence-electron chi connectivity index (χ2n) is 14.1. The minimum absolute atomic E-state index is 0.0436. The van der Waals surface area contributed by atoms with Gasteiger partial charge in [-0.1, -0.05) is 104 Å². The molecular weight excluding hydrogens is 664 g/mol. The molecule has 4 aliphatic rings. The van der Waals surface area contributed by atoms with Gasteiger partial charge in [-0.3, -0.25) is 19.2 Å². The van der Waals surface area contributed by atoms with Gasteiger partial charge in [-0.05, 0) is 60.3 Å². The molecule has 4 fully saturated rings. The highest BCUT2D eigenvalue weighted by Gasteiger charge is 2.78. The molecule has 0 N–H and O–H groups in total. The first-order valence-electron chi connectivity index (χ1n) is 14.5. The number of carbonyl (C=O) groups excluding carboxylic acids is 4. The molecule has 8 heteroatoms. The van der Waals surface area contributed by atoms with Crippen molar-refractivity contribution in [1.29, 1.82) is 0 Å². The Morgan fingerprint density at radius 3 is 1.62 bits per heavy atom. The van der Waals surface area contributed by atoms with Crippen molar-refractivity contribution in [1.82, 2.24) is 0 Å². The third-order valence-corrected chi connectivity index (χ3v) is 15.0. The van der Waals surface area contributed by atoms with E-state index in [-0.39, 0.29) is 11.6 Å². The van der Waals surface area contributed by atoms with Crippen molar-refractivity contribution in [2.75, 3.05) is 0 Å². The molecule has 222 valence electrons. The van der Waals surface area contributed by atoms with Crippen LogP contribution in [-0.2, 0) is 19.2 Å². The lowest BCUT2D eigenvalue weighted by atomic mass is 9.65. The normalized spacial score (nSPS) is 37.2. The van der Waals surface area contributed by atoms with Gasteiger partial charge >= 0.3 is 11.9 Å². The number of ether oxygens (including phenoxy) is 2. The molecule has 6 unspecified atom stereocenters. The fourth-order valence-corrected chi connectivity index (χ4v) is 11.7. The minimum Gasteiger partial charge on any atom is -0.426 e. The number of esters is 2. The summed E-state index contributed by atoms with van der Waals surface area (Å²) in [6, 6.07) is 14.4. The van der Waals surface area contributed by atoms with Gasteiger partial charge in [0.25, 0.3) is 0 Å². The Balaban J connectivity index is 1.35. The van der Waals surface area contributed by atoms with E-state index < -0.39 is 54.1 Å². The summed E-state index contributed by atoms with van der Waals surface area (Å²) >= 11 is 7.14. The number of carbonyl (C=O) groups is 4. The topological polar surface area (TPSA) is 86.7 Å². The van der Waals surface area contributed by atoms with Crippen molar-refractivity contribution < 1.29 is 28.7 Å². The van der Waals surface area contributed by atoms with E-state index in [1.165, 1.54) is 0 Å². The fourth-order valence-electron chi connectivity index (χ4n) is 8.70. The second-order valence-corrected chi connectivity index (χ2v) is 15.9. The van der Waals surface area contributed by atoms with E-state index in [0.29, 0.717) is 42.7 Å². The van der Waals surface area contributed by atoms with Gasteiger partial charge in [-0.15, -0.1) is 0 Å². The van der Waals surface area contributed by atoms with Crippen LogP contribution in [0.25, 0.3) is 11.1 Å². The average Bonchev–Trinajstić information content (AvgIpc) is 3.39. The molecule has 0 aliphatic heterocycles. The highest BCUT2D eigenvalue weighted by molar-refractivity contribution is 9.10. The zero-order valence-corrected chi connectivity index (χ0v) is 28.0. The van der Waals surface area contributed by atoms with Crippen LogP contribution in [0.2, 0.25) is 0 Å². The lowest BCUT2D eigenvalue weighted by Crippen LogP contribution is -2.47. The summed E-state index contributed by atoms with van der Waals surface area (Å²) in [5.74, 6) is -0.165. The first-order valence-corrected chi connectivity index (χ1v) is 16.4. The molecule has 2 aromatic rings. The van der Waals surface area contributed by atoms with E-state index >= 15 is 0 Å². The first-order chi connectivity index (χ1) is 19.5. The fraction of sp³-hybridized carbons (Fsp3) is 0.529. The summed E-state index contributed by atoms with van der Waals surface area (Å²) in [4.78, 5) is 53.2. The number of halogens is 2. The number of Topliss-reactive ketones (excluding diaryl/α,β-unsaturated/α-hetero) is 2. The van der Waals surface area contributed by atoms with Crippen molar-refractivity contribution >= 4 is 55.4 Å². The standard InChI is InChI=1S/C34H36Br2O6/c1-29(2)31(5)14-16-33(29,23(35)25(31)37)27(39)41-20-12-13-22(21(18-20)19-10-8-7-9-11-19)42-28(40)34-17-15-32(6,30(34,3)4)26(38)24(34)36/h7-13,18,23-24H,14-17H2,1-6H3. The van der Waals surface area contributed by atoms with Crippen LogP contribution in [0.1, 0.15) is 67.2 Å². The summed E-state index contributed by atoms with van der Waals surface area (Å²) in [7, 11) is 0. The van der Waals surface area contributed by atoms with Gasteiger partial charge in [-0.25, -0.2) is 0 Å². The molecule has 0 heterocycles. The maximum atomic E-state index is 14.1. The SMILES string of the molecule is CC12CCC(C(=O)Oc3ccc(OC(=O)C45CCC(C)(C(=O)C4Br)C5(C)C)c(-c4ccccc4)c3)(C(Br)C1=O)C2(C)C. The molecule has 0 radical (unpaired) electrons. The Labute approximate surface area is 263 Å². The van der Waals surface area contributed by atoms with Gasteiger partial charge in [0.2, 0.25) is 0 Å². The molecule has 2 aromatic carbocycles. The molecule has 6 atom stereocenters. The van der Waals surface area contributed by atoms with Crippen LogP contribution in [0.3, 0.4) is 0 Å². The maximum Gasteiger partial charge on any atom is 0.319 e. The summed E-state index contributed by atoms with van der Waals surface area (Å²) < 4.78 is 12.2. The van der Waals surface area contributed by atoms with Crippen molar-refractivity contribution in [3.8, 4) is 22.6 Å². The van der Waals surface area contributed by atoms with E-state index in [1.54, 1.807) is 18.2 Å². The van der Waals surface area contributed by atoms with Gasteiger partial charge in [0.1, 0.15) is 11.5 Å². The van der Waals surface area contributed by atoms with Crippen LogP contribution < -0.4 is 9.47 Å². The quantitative estimate of drug-likeness (QED) is 0.183. The first kappa shape index (κ1) is 29.7. The highest BCUT2D eigenvalue weighted by Crippen LogP contribution is 2.73. The van der Waals surface area contributed by atoms with Crippen LogP contribution in [0.5, 0.6) is 11.5 Å². The molecule has 0 aromatic heterocycles. The van der Waals surface area contributed by atoms with Crippen LogP contribution in [0, 0.1) is 32.5 Å². The van der Waals surface area contributed by atoms with Crippen LogP contribution in [-0.4, -0.2) is 33.2 Å². The molecule has 42 heavy (non-hydrogen) atoms. The zero-order valence-electron chi connectivity index (χ0n) is 24.8. The predicted molar refractivity (Wildman–Crippen MR) is 166 cm³/mol. The summed E-state index contributed by atoms with van der Waals surface area (Å²) in [6.45, 7) is 11.8. The van der Waals surface area contributed by atoms with E-state index in [1.807, 2.05) is 71.9 Å². The molecule has 6 nitrogen and oxygen atoms in total.